The molecule has 190 valence electrons. The average molecular weight is 518 g/mol. The molecule has 0 unspecified atom stereocenters. The molecule has 0 aliphatic carbocycles. The van der Waals surface area contributed by atoms with Crippen LogP contribution in [0.5, 0.6) is 5.75 Å². The van der Waals surface area contributed by atoms with E-state index in [4.69, 9.17) is 4.74 Å². The van der Waals surface area contributed by atoms with E-state index >= 15 is 0 Å². The predicted molar refractivity (Wildman–Crippen MR) is 132 cm³/mol. The number of amides is 2. The van der Waals surface area contributed by atoms with Gasteiger partial charge in [0, 0.05) is 29.7 Å². The van der Waals surface area contributed by atoms with E-state index in [0.717, 1.165) is 41.2 Å². The summed E-state index contributed by atoms with van der Waals surface area (Å²) in [4.78, 5) is 31.4. The number of nitrogens with zero attached hydrogens (tertiary/aromatic N) is 2. The molecule has 36 heavy (non-hydrogen) atoms. The van der Waals surface area contributed by atoms with E-state index in [2.05, 4.69) is 10.3 Å². The second-order valence-corrected chi connectivity index (χ2v) is 9.78. The lowest BCUT2D eigenvalue weighted by atomic mass is 9.89. The van der Waals surface area contributed by atoms with E-state index in [-0.39, 0.29) is 23.1 Å². The van der Waals surface area contributed by atoms with Gasteiger partial charge in [0.15, 0.2) is 0 Å². The standard InChI is InChI=1S/C26H26F3N3O3S/c1-16-30-22(15-36-16)14-24(33)32-9-7-18(8-10-32)17-3-5-21(6-4-17)31-25(34)19-11-20(26(27,28)29)13-23(12-19)35-2/h3-6,11-13,15,18H,7-10,14H2,1-2H3,(H,31,34). The van der Waals surface area contributed by atoms with Gasteiger partial charge in [-0.15, -0.1) is 11.3 Å². The Bertz CT molecular complexity index is 1230. The number of carbonyl (C=O) groups excluding carboxylic acids is 2. The quantitative estimate of drug-likeness (QED) is 0.457. The Balaban J connectivity index is 1.34. The number of hydrogen-bond acceptors (Lipinski definition) is 5. The predicted octanol–water partition coefficient (Wildman–Crippen LogP) is 5.68. The highest BCUT2D eigenvalue weighted by Gasteiger charge is 2.32. The van der Waals surface area contributed by atoms with Crippen LogP contribution in [0.2, 0.25) is 0 Å². The molecular formula is C26H26F3N3O3S. The number of hydrogen-bond donors (Lipinski definition) is 1. The third kappa shape index (κ3) is 6.23. The monoisotopic (exact) mass is 517 g/mol. The van der Waals surface area contributed by atoms with Crippen LogP contribution in [0.15, 0.2) is 47.8 Å². The fourth-order valence-corrected chi connectivity index (χ4v) is 4.88. The number of likely N-dealkylation sites (tertiary alicyclic amines) is 1. The number of nitrogens with one attached hydrogen (secondary N) is 1. The Morgan fingerprint density at radius 3 is 2.42 bits per heavy atom. The van der Waals surface area contributed by atoms with Crippen LogP contribution in [0.3, 0.4) is 0 Å². The van der Waals surface area contributed by atoms with Crippen molar-refractivity contribution in [3.05, 3.63) is 75.2 Å². The van der Waals surface area contributed by atoms with Gasteiger partial charge in [-0.25, -0.2) is 4.98 Å². The molecule has 1 aliphatic rings. The topological polar surface area (TPSA) is 71.5 Å². The van der Waals surface area contributed by atoms with E-state index in [1.54, 1.807) is 12.1 Å². The fraction of sp³-hybridized carbons (Fsp3) is 0.346. The van der Waals surface area contributed by atoms with E-state index in [0.29, 0.717) is 25.2 Å². The Morgan fingerprint density at radius 2 is 1.83 bits per heavy atom. The summed E-state index contributed by atoms with van der Waals surface area (Å²) in [6.45, 7) is 3.26. The lowest BCUT2D eigenvalue weighted by molar-refractivity contribution is -0.137. The van der Waals surface area contributed by atoms with E-state index in [1.165, 1.54) is 24.5 Å². The second-order valence-electron chi connectivity index (χ2n) is 8.71. The van der Waals surface area contributed by atoms with E-state index in [1.807, 2.05) is 29.3 Å². The van der Waals surface area contributed by atoms with Crippen molar-refractivity contribution in [2.75, 3.05) is 25.5 Å². The molecule has 0 spiro atoms. The lowest BCUT2D eigenvalue weighted by Crippen LogP contribution is -2.38. The molecule has 0 saturated carbocycles. The van der Waals surface area contributed by atoms with Crippen LogP contribution in [0, 0.1) is 6.92 Å². The third-order valence-electron chi connectivity index (χ3n) is 6.22. The first-order valence-corrected chi connectivity index (χ1v) is 12.4. The smallest absolute Gasteiger partial charge is 0.416 e. The molecule has 1 aliphatic heterocycles. The molecule has 3 aromatic rings. The molecule has 0 atom stereocenters. The minimum absolute atomic E-state index is 0.0446. The van der Waals surface area contributed by atoms with Crippen molar-refractivity contribution in [2.45, 2.75) is 38.3 Å². The van der Waals surface area contributed by atoms with E-state index < -0.39 is 17.6 Å². The first kappa shape index (κ1) is 25.7. The molecular weight excluding hydrogens is 491 g/mol. The van der Waals surface area contributed by atoms with Gasteiger partial charge in [-0.05, 0) is 61.6 Å². The number of methoxy groups -OCH3 is 1. The van der Waals surface area contributed by atoms with Crippen LogP contribution in [0.1, 0.15) is 50.9 Å². The second kappa shape index (κ2) is 10.7. The van der Waals surface area contributed by atoms with Crippen LogP contribution in [-0.2, 0) is 17.4 Å². The summed E-state index contributed by atoms with van der Waals surface area (Å²) in [6.07, 6.45) is -2.61. The lowest BCUT2D eigenvalue weighted by Gasteiger charge is -2.32. The summed E-state index contributed by atoms with van der Waals surface area (Å²) >= 11 is 1.54. The molecule has 0 radical (unpaired) electrons. The van der Waals surface area contributed by atoms with Gasteiger partial charge in [-0.3, -0.25) is 9.59 Å². The molecule has 0 bridgehead atoms. The summed E-state index contributed by atoms with van der Waals surface area (Å²) in [5.74, 6) is -0.331. The molecule has 1 saturated heterocycles. The van der Waals surface area contributed by atoms with Crippen molar-refractivity contribution in [1.29, 1.82) is 0 Å². The van der Waals surface area contributed by atoms with Crippen LogP contribution in [0.25, 0.3) is 0 Å². The highest BCUT2D eigenvalue weighted by molar-refractivity contribution is 7.09. The van der Waals surface area contributed by atoms with Gasteiger partial charge in [0.25, 0.3) is 5.91 Å². The van der Waals surface area contributed by atoms with Crippen LogP contribution in [0.4, 0.5) is 18.9 Å². The minimum atomic E-state index is -4.59. The van der Waals surface area contributed by atoms with Crippen molar-refractivity contribution in [2.24, 2.45) is 0 Å². The van der Waals surface area contributed by atoms with Gasteiger partial charge in [0.1, 0.15) is 5.75 Å². The summed E-state index contributed by atoms with van der Waals surface area (Å²) in [5, 5.41) is 5.52. The Morgan fingerprint density at radius 1 is 1.14 bits per heavy atom. The number of ether oxygens (including phenoxy) is 1. The summed E-state index contributed by atoms with van der Waals surface area (Å²) in [6, 6.07) is 10.2. The number of aryl methyl sites for hydroxylation is 1. The Labute approximate surface area is 211 Å². The van der Waals surface area contributed by atoms with Gasteiger partial charge >= 0.3 is 6.18 Å². The van der Waals surface area contributed by atoms with Crippen LogP contribution >= 0.6 is 11.3 Å². The third-order valence-corrected chi connectivity index (χ3v) is 7.04. The number of alkyl halides is 3. The minimum Gasteiger partial charge on any atom is -0.497 e. The van der Waals surface area contributed by atoms with Gasteiger partial charge in [-0.1, -0.05) is 12.1 Å². The SMILES string of the molecule is COc1cc(C(=O)Nc2ccc(C3CCN(C(=O)Cc4csc(C)n4)CC3)cc2)cc(C(F)(F)F)c1. The average Bonchev–Trinajstić information content (AvgIpc) is 3.28. The maximum atomic E-state index is 13.2. The molecule has 1 aromatic heterocycles. The van der Waals surface area contributed by atoms with Crippen molar-refractivity contribution < 1.29 is 27.5 Å². The highest BCUT2D eigenvalue weighted by Crippen LogP contribution is 2.33. The van der Waals surface area contributed by atoms with Crippen molar-refractivity contribution in [3.8, 4) is 5.75 Å². The highest BCUT2D eigenvalue weighted by atomic mass is 32.1. The number of benzene rings is 2. The summed E-state index contributed by atoms with van der Waals surface area (Å²) in [7, 11) is 1.25. The van der Waals surface area contributed by atoms with Gasteiger partial charge in [0.05, 0.1) is 29.8 Å². The van der Waals surface area contributed by atoms with Crippen molar-refractivity contribution >= 4 is 28.8 Å². The van der Waals surface area contributed by atoms with E-state index in [9.17, 15) is 22.8 Å². The number of halogens is 3. The molecule has 2 heterocycles. The molecule has 2 amide bonds. The number of rotatable bonds is 6. The zero-order valence-electron chi connectivity index (χ0n) is 19.9. The first-order valence-electron chi connectivity index (χ1n) is 11.5. The van der Waals surface area contributed by atoms with Gasteiger partial charge in [-0.2, -0.15) is 13.2 Å². The van der Waals surface area contributed by atoms with Crippen LogP contribution < -0.4 is 10.1 Å². The molecule has 1 fully saturated rings. The molecule has 1 N–H and O–H groups in total. The Kier molecular flexibility index (Phi) is 7.63. The molecule has 6 nitrogen and oxygen atoms in total. The molecule has 4 rings (SSSR count). The van der Waals surface area contributed by atoms with Gasteiger partial charge in [0.2, 0.25) is 5.91 Å². The normalized spacial score (nSPS) is 14.5. The largest absolute Gasteiger partial charge is 0.497 e. The zero-order valence-corrected chi connectivity index (χ0v) is 20.7. The number of piperidine rings is 1. The summed E-state index contributed by atoms with van der Waals surface area (Å²) < 4.78 is 44.4. The van der Waals surface area contributed by atoms with Crippen LogP contribution in [-0.4, -0.2) is 41.9 Å². The Hall–Kier alpha value is -3.40. The fourth-order valence-electron chi connectivity index (χ4n) is 4.27. The van der Waals surface area contributed by atoms with Gasteiger partial charge < -0.3 is 15.0 Å². The zero-order chi connectivity index (χ0) is 25.9. The maximum Gasteiger partial charge on any atom is 0.416 e. The van der Waals surface area contributed by atoms with Crippen molar-refractivity contribution in [1.82, 2.24) is 9.88 Å². The number of anilines is 1. The number of thiazole rings is 1. The molecule has 10 heteroatoms. The maximum absolute atomic E-state index is 13.2. The number of aromatic nitrogens is 1. The number of carbonyl (C=O) groups is 2. The first-order chi connectivity index (χ1) is 17.1. The van der Waals surface area contributed by atoms with Crippen molar-refractivity contribution in [3.63, 3.8) is 0 Å². The summed E-state index contributed by atoms with van der Waals surface area (Å²) in [5.41, 5.74) is 1.29. The molecule has 2 aromatic carbocycles.